The maximum atomic E-state index is 12.0. The third kappa shape index (κ3) is 3.47. The van der Waals surface area contributed by atoms with E-state index in [1.165, 1.54) is 22.6 Å². The molecule has 2 aromatic rings. The summed E-state index contributed by atoms with van der Waals surface area (Å²) >= 11 is 1.19. The first-order valence-electron chi connectivity index (χ1n) is 7.08. The van der Waals surface area contributed by atoms with Crippen LogP contribution >= 0.6 is 11.8 Å². The van der Waals surface area contributed by atoms with Crippen LogP contribution in [0.1, 0.15) is 13.8 Å². The number of nitrogens with one attached hydrogen (secondary N) is 1. The third-order valence-corrected chi connectivity index (χ3v) is 4.10. The van der Waals surface area contributed by atoms with E-state index in [4.69, 9.17) is 5.11 Å². The number of hydrogen-bond donors (Lipinski definition) is 2. The van der Waals surface area contributed by atoms with Crippen molar-refractivity contribution in [2.45, 2.75) is 25.5 Å². The van der Waals surface area contributed by atoms with E-state index in [-0.39, 0.29) is 30.4 Å². The van der Waals surface area contributed by atoms with Gasteiger partial charge in [0.15, 0.2) is 10.8 Å². The van der Waals surface area contributed by atoms with Crippen molar-refractivity contribution < 1.29 is 9.90 Å². The zero-order valence-corrected chi connectivity index (χ0v) is 13.4. The lowest BCUT2D eigenvalue weighted by molar-refractivity contribution is -0.127. The molecule has 0 fully saturated rings. The maximum absolute atomic E-state index is 12.0. The number of amides is 1. The Bertz CT molecular complexity index is 707. The molecule has 2 aromatic heterocycles. The molecule has 0 saturated heterocycles. The summed E-state index contributed by atoms with van der Waals surface area (Å²) in [6, 6.07) is 0. The lowest BCUT2D eigenvalue weighted by Crippen LogP contribution is -2.32. The van der Waals surface area contributed by atoms with Gasteiger partial charge in [0.2, 0.25) is 5.91 Å². The lowest BCUT2D eigenvalue weighted by atomic mass is 10.4. The number of hydrogen-bond acceptors (Lipinski definition) is 6. The number of rotatable bonds is 7. The van der Waals surface area contributed by atoms with Crippen LogP contribution in [0, 0.1) is 0 Å². The lowest BCUT2D eigenvalue weighted by Gasteiger charge is -2.17. The number of carbonyl (C=O) groups excluding carboxylic acids is 1. The second-order valence-electron chi connectivity index (χ2n) is 4.55. The van der Waals surface area contributed by atoms with E-state index in [9.17, 15) is 9.59 Å². The van der Waals surface area contributed by atoms with Crippen molar-refractivity contribution in [2.75, 3.05) is 25.4 Å². The number of aromatic nitrogens is 4. The number of thioether (sulfide) groups is 1. The van der Waals surface area contributed by atoms with E-state index in [0.717, 1.165) is 0 Å². The SMILES string of the molecule is CCN(CC)C(=O)CSc1nc2c(cnn2CCO)c(=O)[nH]1. The molecular formula is C13H19N5O3S. The number of aliphatic hydroxyl groups is 1. The fraction of sp³-hybridized carbons (Fsp3) is 0.538. The smallest absolute Gasteiger partial charge is 0.262 e. The molecule has 0 aromatic carbocycles. The predicted molar refractivity (Wildman–Crippen MR) is 83.9 cm³/mol. The summed E-state index contributed by atoms with van der Waals surface area (Å²) in [5, 5.41) is 13.8. The van der Waals surface area contributed by atoms with Crippen LogP contribution in [0.2, 0.25) is 0 Å². The summed E-state index contributed by atoms with van der Waals surface area (Å²) in [6.07, 6.45) is 1.42. The topological polar surface area (TPSA) is 104 Å². The van der Waals surface area contributed by atoms with Crippen LogP contribution in [0.5, 0.6) is 0 Å². The van der Waals surface area contributed by atoms with Crippen molar-refractivity contribution in [1.82, 2.24) is 24.6 Å². The quantitative estimate of drug-likeness (QED) is 0.551. The van der Waals surface area contributed by atoms with Crippen molar-refractivity contribution in [2.24, 2.45) is 0 Å². The largest absolute Gasteiger partial charge is 0.394 e. The predicted octanol–water partition coefficient (Wildman–Crippen LogP) is 0.0724. The number of carbonyl (C=O) groups is 1. The number of aliphatic hydroxyl groups excluding tert-OH is 1. The van der Waals surface area contributed by atoms with E-state index >= 15 is 0 Å². The van der Waals surface area contributed by atoms with E-state index in [1.807, 2.05) is 13.8 Å². The average molecular weight is 325 g/mol. The minimum atomic E-state index is -0.299. The standard InChI is InChI=1S/C13H19N5O3S/c1-3-17(4-2)10(20)8-22-13-15-11-9(12(21)16-13)7-14-18(11)5-6-19/h7,19H,3-6,8H2,1-2H3,(H,15,16,21). The normalized spacial score (nSPS) is 11.0. The van der Waals surface area contributed by atoms with Gasteiger partial charge < -0.3 is 15.0 Å². The molecule has 0 aliphatic heterocycles. The molecule has 0 unspecified atom stereocenters. The molecule has 1 amide bonds. The van der Waals surface area contributed by atoms with Crippen LogP contribution in [0.25, 0.3) is 11.0 Å². The molecule has 0 spiro atoms. The summed E-state index contributed by atoms with van der Waals surface area (Å²) < 4.78 is 1.47. The van der Waals surface area contributed by atoms with Crippen LogP contribution in [0.15, 0.2) is 16.1 Å². The van der Waals surface area contributed by atoms with Crippen molar-refractivity contribution in [1.29, 1.82) is 0 Å². The molecule has 0 atom stereocenters. The molecule has 8 nitrogen and oxygen atoms in total. The Kier molecular flexibility index (Phi) is 5.56. The molecule has 2 rings (SSSR count). The van der Waals surface area contributed by atoms with Crippen LogP contribution in [-0.2, 0) is 11.3 Å². The molecule has 0 aliphatic rings. The Morgan fingerprint density at radius 1 is 1.45 bits per heavy atom. The van der Waals surface area contributed by atoms with Crippen molar-refractivity contribution in [3.63, 3.8) is 0 Å². The van der Waals surface area contributed by atoms with Gasteiger partial charge in [-0.05, 0) is 13.8 Å². The Labute approximate surface area is 131 Å². The van der Waals surface area contributed by atoms with Gasteiger partial charge in [-0.3, -0.25) is 9.59 Å². The van der Waals surface area contributed by atoms with E-state index in [1.54, 1.807) is 4.90 Å². The second-order valence-corrected chi connectivity index (χ2v) is 5.52. The zero-order valence-electron chi connectivity index (χ0n) is 12.6. The van der Waals surface area contributed by atoms with Gasteiger partial charge in [-0.2, -0.15) is 5.10 Å². The first kappa shape index (κ1) is 16.5. The van der Waals surface area contributed by atoms with Gasteiger partial charge in [0.05, 0.1) is 25.1 Å². The van der Waals surface area contributed by atoms with Gasteiger partial charge in [-0.25, -0.2) is 9.67 Å². The first-order chi connectivity index (χ1) is 10.6. The van der Waals surface area contributed by atoms with Gasteiger partial charge in [-0.1, -0.05) is 11.8 Å². The van der Waals surface area contributed by atoms with Crippen molar-refractivity contribution in [3.05, 3.63) is 16.6 Å². The summed E-state index contributed by atoms with van der Waals surface area (Å²) in [5.41, 5.74) is 0.113. The van der Waals surface area contributed by atoms with Gasteiger partial charge >= 0.3 is 0 Å². The molecule has 0 aliphatic carbocycles. The summed E-state index contributed by atoms with van der Waals surface area (Å²) in [4.78, 5) is 32.7. The van der Waals surface area contributed by atoms with Gasteiger partial charge in [0.1, 0.15) is 5.39 Å². The highest BCUT2D eigenvalue weighted by molar-refractivity contribution is 7.99. The zero-order chi connectivity index (χ0) is 16.1. The fourth-order valence-electron chi connectivity index (χ4n) is 2.07. The average Bonchev–Trinajstić information content (AvgIpc) is 2.90. The number of aromatic amines is 1. The molecule has 120 valence electrons. The number of H-pyrrole nitrogens is 1. The summed E-state index contributed by atoms with van der Waals surface area (Å²) in [7, 11) is 0. The highest BCUT2D eigenvalue weighted by Gasteiger charge is 2.13. The maximum Gasteiger partial charge on any atom is 0.262 e. The molecule has 2 heterocycles. The monoisotopic (exact) mass is 325 g/mol. The van der Waals surface area contributed by atoms with Crippen molar-refractivity contribution in [3.8, 4) is 0 Å². The Morgan fingerprint density at radius 2 is 2.18 bits per heavy atom. The number of nitrogens with zero attached hydrogens (tertiary/aromatic N) is 4. The van der Waals surface area contributed by atoms with Gasteiger partial charge in [0, 0.05) is 13.1 Å². The van der Waals surface area contributed by atoms with E-state index in [2.05, 4.69) is 15.1 Å². The molecule has 0 bridgehead atoms. The third-order valence-electron chi connectivity index (χ3n) is 3.24. The van der Waals surface area contributed by atoms with E-state index in [0.29, 0.717) is 29.3 Å². The molecule has 22 heavy (non-hydrogen) atoms. The van der Waals surface area contributed by atoms with Crippen LogP contribution in [0.3, 0.4) is 0 Å². The summed E-state index contributed by atoms with van der Waals surface area (Å²) in [6.45, 7) is 5.33. The number of fused-ring (bicyclic) bond motifs is 1. The Morgan fingerprint density at radius 3 is 2.82 bits per heavy atom. The molecular weight excluding hydrogens is 306 g/mol. The minimum Gasteiger partial charge on any atom is -0.394 e. The van der Waals surface area contributed by atoms with Crippen LogP contribution < -0.4 is 5.56 Å². The highest BCUT2D eigenvalue weighted by atomic mass is 32.2. The van der Waals surface area contributed by atoms with Gasteiger partial charge in [-0.15, -0.1) is 0 Å². The van der Waals surface area contributed by atoms with Crippen LogP contribution in [-0.4, -0.2) is 61.1 Å². The fourth-order valence-corrected chi connectivity index (χ4v) is 2.83. The second kappa shape index (κ2) is 7.41. The molecule has 0 radical (unpaired) electrons. The minimum absolute atomic E-state index is 0.00149. The highest BCUT2D eigenvalue weighted by Crippen LogP contribution is 2.15. The van der Waals surface area contributed by atoms with E-state index < -0.39 is 0 Å². The molecule has 0 saturated carbocycles. The molecule has 2 N–H and O–H groups in total. The van der Waals surface area contributed by atoms with Gasteiger partial charge in [0.25, 0.3) is 5.56 Å². The molecule has 9 heteroatoms. The summed E-state index contributed by atoms with van der Waals surface area (Å²) in [5.74, 6) is 0.214. The van der Waals surface area contributed by atoms with Crippen LogP contribution in [0.4, 0.5) is 0 Å². The Balaban J connectivity index is 2.20. The first-order valence-corrected chi connectivity index (χ1v) is 8.06. The Hall–Kier alpha value is -1.87. The van der Waals surface area contributed by atoms with Crippen molar-refractivity contribution >= 4 is 28.7 Å².